The zero-order valence-corrected chi connectivity index (χ0v) is 21.5. The van der Waals surface area contributed by atoms with Gasteiger partial charge in [-0.25, -0.2) is 14.5 Å². The first-order chi connectivity index (χ1) is 18.6. The van der Waals surface area contributed by atoms with Gasteiger partial charge in [-0.3, -0.25) is 4.79 Å². The number of hydrogen-bond donors (Lipinski definition) is 2. The molecule has 1 saturated heterocycles. The highest BCUT2D eigenvalue weighted by Gasteiger charge is 2.21. The number of ether oxygens (including phenoxy) is 1. The van der Waals surface area contributed by atoms with Gasteiger partial charge in [0.15, 0.2) is 0 Å². The average molecular weight is 511 g/mol. The maximum Gasteiger partial charge on any atom is 0.248 e. The monoisotopic (exact) mass is 510 g/mol. The fourth-order valence-electron chi connectivity index (χ4n) is 4.40. The number of fused-ring (bicyclic) bond motifs is 1. The van der Waals surface area contributed by atoms with Gasteiger partial charge in [-0.2, -0.15) is 5.10 Å². The molecule has 10 heteroatoms. The molecule has 4 heterocycles. The van der Waals surface area contributed by atoms with Crippen LogP contribution < -0.4 is 20.3 Å². The molecule has 0 atom stereocenters. The Kier molecular flexibility index (Phi) is 7.32. The summed E-state index contributed by atoms with van der Waals surface area (Å²) in [5, 5.41) is 10.7. The topological polar surface area (TPSA) is 99.9 Å². The Morgan fingerprint density at radius 1 is 1.13 bits per heavy atom. The van der Waals surface area contributed by atoms with Crippen LogP contribution in [0.25, 0.3) is 16.8 Å². The maximum absolute atomic E-state index is 12.6. The quantitative estimate of drug-likeness (QED) is 0.271. The predicted octanol–water partition coefficient (Wildman–Crippen LogP) is 3.98. The second kappa shape index (κ2) is 11.1. The van der Waals surface area contributed by atoms with Gasteiger partial charge >= 0.3 is 0 Å². The van der Waals surface area contributed by atoms with E-state index in [0.29, 0.717) is 23.1 Å². The van der Waals surface area contributed by atoms with Crippen LogP contribution in [0.2, 0.25) is 0 Å². The van der Waals surface area contributed by atoms with E-state index < -0.39 is 0 Å². The third-order valence-electron chi connectivity index (χ3n) is 6.41. The van der Waals surface area contributed by atoms with Gasteiger partial charge in [-0.1, -0.05) is 24.8 Å². The molecule has 0 aliphatic carbocycles. The lowest BCUT2D eigenvalue weighted by Crippen LogP contribution is -2.44. The van der Waals surface area contributed by atoms with E-state index in [2.05, 4.69) is 44.1 Å². The van der Waals surface area contributed by atoms with Crippen molar-refractivity contribution in [1.29, 1.82) is 0 Å². The van der Waals surface area contributed by atoms with E-state index in [9.17, 15) is 4.79 Å². The van der Waals surface area contributed by atoms with E-state index in [1.165, 1.54) is 6.08 Å². The van der Waals surface area contributed by atoms with E-state index in [1.807, 2.05) is 42.6 Å². The maximum atomic E-state index is 12.6. The van der Waals surface area contributed by atoms with Crippen LogP contribution in [0.5, 0.6) is 5.75 Å². The molecule has 10 nitrogen and oxygen atoms in total. The molecule has 1 fully saturated rings. The SMILES string of the molecule is C=C/C=C\C(=O)Nc1cc(Nc2nccc(-c3cnn4ccccc34)n2)c(OC)cc1N1CCN(C)CC1. The summed E-state index contributed by atoms with van der Waals surface area (Å²) < 4.78 is 7.55. The number of carbonyl (C=O) groups excluding carboxylic acids is 1. The molecule has 194 valence electrons. The highest BCUT2D eigenvalue weighted by atomic mass is 16.5. The van der Waals surface area contributed by atoms with Gasteiger partial charge in [0.25, 0.3) is 0 Å². The lowest BCUT2D eigenvalue weighted by Gasteiger charge is -2.35. The molecule has 4 aromatic rings. The number of allylic oxidation sites excluding steroid dienone is 2. The first-order valence-corrected chi connectivity index (χ1v) is 12.3. The predicted molar refractivity (Wildman–Crippen MR) is 150 cm³/mol. The van der Waals surface area contributed by atoms with Gasteiger partial charge in [-0.05, 0) is 31.3 Å². The fraction of sp³-hybridized carbons (Fsp3) is 0.214. The van der Waals surface area contributed by atoms with Crippen LogP contribution in [-0.4, -0.2) is 70.7 Å². The van der Waals surface area contributed by atoms with Gasteiger partial charge in [0.1, 0.15) is 5.75 Å². The molecule has 0 spiro atoms. The van der Waals surface area contributed by atoms with E-state index in [1.54, 1.807) is 36.2 Å². The molecule has 5 rings (SSSR count). The molecule has 0 saturated carbocycles. The lowest BCUT2D eigenvalue weighted by molar-refractivity contribution is -0.111. The fourth-order valence-corrected chi connectivity index (χ4v) is 4.40. The van der Waals surface area contributed by atoms with Crippen molar-refractivity contribution in [1.82, 2.24) is 24.5 Å². The average Bonchev–Trinajstić information content (AvgIpc) is 3.37. The summed E-state index contributed by atoms with van der Waals surface area (Å²) in [7, 11) is 3.73. The summed E-state index contributed by atoms with van der Waals surface area (Å²) in [6.45, 7) is 7.16. The van der Waals surface area contributed by atoms with Crippen LogP contribution in [-0.2, 0) is 4.79 Å². The number of hydrogen-bond acceptors (Lipinski definition) is 8. The Bertz CT molecular complexity index is 1490. The standard InChI is InChI=1S/C28H30N8O2/c1-4-5-9-27(37)31-22-17-23(26(38-3)18-25(22)35-15-13-34(2)14-16-35)33-28-29-11-10-21(32-28)20-19-30-36-12-7-6-8-24(20)36/h4-12,17-19H,1,13-16H2,2-3H3,(H,31,37)(H,29,32,33)/b9-5-. The Labute approximate surface area is 221 Å². The number of piperazine rings is 1. The number of nitrogens with zero attached hydrogens (tertiary/aromatic N) is 6. The number of nitrogens with one attached hydrogen (secondary N) is 2. The molecule has 38 heavy (non-hydrogen) atoms. The Hall–Kier alpha value is -4.70. The van der Waals surface area contributed by atoms with Gasteiger partial charge in [0, 0.05) is 56.3 Å². The summed E-state index contributed by atoms with van der Waals surface area (Å²) in [6, 6.07) is 11.5. The minimum Gasteiger partial charge on any atom is -0.494 e. The first-order valence-electron chi connectivity index (χ1n) is 12.3. The lowest BCUT2D eigenvalue weighted by atomic mass is 10.1. The summed E-state index contributed by atoms with van der Waals surface area (Å²) in [5.74, 6) is 0.763. The second-order valence-corrected chi connectivity index (χ2v) is 8.92. The molecular formula is C28H30N8O2. The van der Waals surface area contributed by atoms with Crippen LogP contribution >= 0.6 is 0 Å². The molecule has 0 radical (unpaired) electrons. The molecule has 1 aliphatic rings. The minimum absolute atomic E-state index is 0.247. The number of rotatable bonds is 8. The number of amides is 1. The van der Waals surface area contributed by atoms with E-state index in [-0.39, 0.29) is 5.91 Å². The smallest absolute Gasteiger partial charge is 0.248 e. The molecule has 3 aromatic heterocycles. The number of methoxy groups -OCH3 is 1. The Morgan fingerprint density at radius 2 is 1.97 bits per heavy atom. The summed E-state index contributed by atoms with van der Waals surface area (Å²) >= 11 is 0. The van der Waals surface area contributed by atoms with Gasteiger partial charge in [0.05, 0.1) is 41.6 Å². The summed E-state index contributed by atoms with van der Waals surface area (Å²) in [5.41, 5.74) is 4.77. The highest BCUT2D eigenvalue weighted by Crippen LogP contribution is 2.38. The van der Waals surface area contributed by atoms with Crippen molar-refractivity contribution in [3.05, 3.63) is 79.8 Å². The van der Waals surface area contributed by atoms with Gasteiger partial charge in [-0.15, -0.1) is 0 Å². The molecule has 1 aromatic carbocycles. The molecule has 0 unspecified atom stereocenters. The number of aromatic nitrogens is 4. The third-order valence-corrected chi connectivity index (χ3v) is 6.41. The second-order valence-electron chi connectivity index (χ2n) is 8.92. The molecular weight excluding hydrogens is 480 g/mol. The van der Waals surface area contributed by atoms with Crippen molar-refractivity contribution in [2.45, 2.75) is 0 Å². The van der Waals surface area contributed by atoms with Crippen LogP contribution in [0.3, 0.4) is 0 Å². The van der Waals surface area contributed by atoms with Crippen molar-refractivity contribution >= 4 is 34.4 Å². The first kappa shape index (κ1) is 25.0. The van der Waals surface area contributed by atoms with Gasteiger partial charge < -0.3 is 25.2 Å². The Morgan fingerprint density at radius 3 is 2.76 bits per heavy atom. The Balaban J connectivity index is 1.49. The molecule has 0 bridgehead atoms. The van der Waals surface area contributed by atoms with Crippen molar-refractivity contribution in [3.8, 4) is 17.0 Å². The van der Waals surface area contributed by atoms with Crippen LogP contribution in [0, 0.1) is 0 Å². The van der Waals surface area contributed by atoms with E-state index in [0.717, 1.165) is 48.6 Å². The largest absolute Gasteiger partial charge is 0.494 e. The minimum atomic E-state index is -0.247. The number of carbonyl (C=O) groups is 1. The zero-order chi connectivity index (χ0) is 26.5. The zero-order valence-electron chi connectivity index (χ0n) is 21.5. The van der Waals surface area contributed by atoms with Crippen molar-refractivity contribution in [2.24, 2.45) is 0 Å². The highest BCUT2D eigenvalue weighted by molar-refractivity contribution is 6.02. The molecule has 1 amide bonds. The van der Waals surface area contributed by atoms with Crippen molar-refractivity contribution < 1.29 is 9.53 Å². The molecule has 2 N–H and O–H groups in total. The van der Waals surface area contributed by atoms with E-state index >= 15 is 0 Å². The number of pyridine rings is 1. The van der Waals surface area contributed by atoms with E-state index in [4.69, 9.17) is 9.72 Å². The normalized spacial score (nSPS) is 14.1. The summed E-state index contributed by atoms with van der Waals surface area (Å²) in [6.07, 6.45) is 10.00. The van der Waals surface area contributed by atoms with Crippen LogP contribution in [0.1, 0.15) is 0 Å². The number of anilines is 4. The molecule has 1 aliphatic heterocycles. The summed E-state index contributed by atoms with van der Waals surface area (Å²) in [4.78, 5) is 26.3. The number of benzene rings is 1. The van der Waals surface area contributed by atoms with Crippen LogP contribution in [0.15, 0.2) is 79.8 Å². The van der Waals surface area contributed by atoms with Crippen molar-refractivity contribution in [2.75, 3.05) is 55.9 Å². The number of likely N-dealkylation sites (N-methyl/N-ethyl adjacent to an activating group) is 1. The van der Waals surface area contributed by atoms with Crippen molar-refractivity contribution in [3.63, 3.8) is 0 Å². The van der Waals surface area contributed by atoms with Gasteiger partial charge in [0.2, 0.25) is 11.9 Å². The van der Waals surface area contributed by atoms with Crippen LogP contribution in [0.4, 0.5) is 23.0 Å². The third kappa shape index (κ3) is 5.35.